The molecule has 2 aromatic carbocycles. The molecule has 0 aliphatic rings. The molecule has 0 N–H and O–H groups in total. The summed E-state index contributed by atoms with van der Waals surface area (Å²) in [7, 11) is 1.63. The van der Waals surface area contributed by atoms with E-state index in [0.717, 1.165) is 67.4 Å². The van der Waals surface area contributed by atoms with E-state index in [-0.39, 0.29) is 5.69 Å². The molecule has 1 atom stereocenters. The predicted molar refractivity (Wildman–Crippen MR) is 153 cm³/mol. The normalized spacial score (nSPS) is 11.8. The number of benzene rings is 2. The van der Waals surface area contributed by atoms with Crippen LogP contribution in [0.15, 0.2) is 47.4 Å². The second-order valence-electron chi connectivity index (χ2n) is 8.77. The maximum atomic E-state index is 13.1. The van der Waals surface area contributed by atoms with E-state index >= 15 is 0 Å². The molecule has 35 heavy (non-hydrogen) atoms. The van der Waals surface area contributed by atoms with E-state index in [1.807, 2.05) is 24.3 Å². The maximum absolute atomic E-state index is 13.1. The molecule has 0 fully saturated rings. The molecule has 0 aliphatic heterocycles. The lowest BCUT2D eigenvalue weighted by molar-refractivity contribution is -0.386. The third-order valence-electron chi connectivity index (χ3n) is 6.04. The molecule has 0 heterocycles. The van der Waals surface area contributed by atoms with Gasteiger partial charge in [-0.1, -0.05) is 73.4 Å². The molecule has 0 aliphatic carbocycles. The molecule has 192 valence electrons. The van der Waals surface area contributed by atoms with Gasteiger partial charge in [-0.3, -0.25) is 10.1 Å². The number of nitrogens with zero attached hydrogens (tertiary/aromatic N) is 2. The average Bonchev–Trinajstić information content (AvgIpc) is 2.87. The Labute approximate surface area is 225 Å². The van der Waals surface area contributed by atoms with Gasteiger partial charge >= 0.3 is 6.09 Å². The maximum Gasteiger partial charge on any atom is 0.410 e. The molecule has 0 saturated carbocycles. The molecular weight excluding hydrogens is 575 g/mol. The van der Waals surface area contributed by atoms with E-state index < -0.39 is 17.1 Å². The molecule has 6 nitrogen and oxygen atoms in total. The molecule has 0 spiro atoms. The largest absolute Gasteiger partial charge is 0.441 e. The van der Waals surface area contributed by atoms with Crippen molar-refractivity contribution in [2.45, 2.75) is 83.1 Å². The lowest BCUT2D eigenvalue weighted by atomic mass is 9.99. The molecule has 8 heteroatoms. The van der Waals surface area contributed by atoms with E-state index in [2.05, 4.69) is 35.1 Å². The van der Waals surface area contributed by atoms with Gasteiger partial charge in [0.15, 0.2) is 0 Å². The number of halogens is 1. The third-order valence-corrected chi connectivity index (χ3v) is 8.01. The molecular formula is C27H37IN2O4S. The molecule has 0 bridgehead atoms. The zero-order valence-corrected chi connectivity index (χ0v) is 24.0. The number of ether oxygens (including phenoxy) is 1. The van der Waals surface area contributed by atoms with Crippen LogP contribution in [0.2, 0.25) is 0 Å². The van der Waals surface area contributed by atoms with Crippen LogP contribution in [0.3, 0.4) is 0 Å². The predicted octanol–water partition coefficient (Wildman–Crippen LogP) is 9.36. The minimum atomic E-state index is -0.735. The van der Waals surface area contributed by atoms with Crippen LogP contribution in [-0.2, 0) is 4.74 Å². The van der Waals surface area contributed by atoms with Gasteiger partial charge in [-0.25, -0.2) is 4.79 Å². The van der Waals surface area contributed by atoms with Crippen molar-refractivity contribution in [1.29, 1.82) is 0 Å². The lowest BCUT2D eigenvalue weighted by Crippen LogP contribution is -2.34. The van der Waals surface area contributed by atoms with Crippen molar-refractivity contribution >= 4 is 41.9 Å². The molecule has 0 radical (unpaired) electrons. The second kappa shape index (κ2) is 16.0. The first-order valence-corrected chi connectivity index (χ1v) is 15.9. The van der Waals surface area contributed by atoms with E-state index in [4.69, 9.17) is 4.74 Å². The average molecular weight is 613 g/mol. The Morgan fingerprint density at radius 3 is 2.06 bits per heavy atom. The summed E-state index contributed by atoms with van der Waals surface area (Å²) in [6.07, 6.45) is 7.46. The topological polar surface area (TPSA) is 72.7 Å². The van der Waals surface area contributed by atoms with Gasteiger partial charge < -0.3 is 9.64 Å². The Morgan fingerprint density at radius 1 is 0.971 bits per heavy atom. The van der Waals surface area contributed by atoms with Gasteiger partial charge in [-0.05, 0) is 55.2 Å². The fourth-order valence-corrected chi connectivity index (χ4v) is 5.09. The van der Waals surface area contributed by atoms with E-state index in [9.17, 15) is 14.9 Å². The van der Waals surface area contributed by atoms with Gasteiger partial charge in [0, 0.05) is 45.3 Å². The van der Waals surface area contributed by atoms with Gasteiger partial charge in [0.2, 0.25) is 0 Å². The Morgan fingerprint density at radius 2 is 1.54 bits per heavy atom. The summed E-state index contributed by atoms with van der Waals surface area (Å²) >= 11 is 2.23. The highest BCUT2D eigenvalue weighted by Gasteiger charge is 2.25. The molecule has 2 rings (SSSR count). The summed E-state index contributed by atoms with van der Waals surface area (Å²) in [5.74, 6) is 0. The third kappa shape index (κ3) is 9.63. The SMILES string of the molecule is CCCCCCN(CCCCCC)C(=O)OC(C)c1cc(-c2ccc(SI)cc2)ccc1[N+](=O)[O-]. The van der Waals surface area contributed by atoms with Crippen LogP contribution in [0, 0.1) is 10.1 Å². The number of rotatable bonds is 15. The molecule has 2 aromatic rings. The van der Waals surface area contributed by atoms with Crippen LogP contribution in [0.1, 0.15) is 83.8 Å². The lowest BCUT2D eigenvalue weighted by Gasteiger charge is -2.24. The van der Waals surface area contributed by atoms with Crippen LogP contribution in [-0.4, -0.2) is 29.0 Å². The zero-order valence-electron chi connectivity index (χ0n) is 21.0. The summed E-state index contributed by atoms with van der Waals surface area (Å²) in [6.45, 7) is 7.35. The van der Waals surface area contributed by atoms with Gasteiger partial charge in [0.05, 0.1) is 10.5 Å². The van der Waals surface area contributed by atoms with Gasteiger partial charge in [-0.2, -0.15) is 0 Å². The number of nitro groups is 1. The summed E-state index contributed by atoms with van der Waals surface area (Å²) in [4.78, 5) is 27.3. The number of hydrogen-bond donors (Lipinski definition) is 0. The monoisotopic (exact) mass is 612 g/mol. The van der Waals surface area contributed by atoms with Crippen molar-refractivity contribution in [3.05, 3.63) is 58.1 Å². The van der Waals surface area contributed by atoms with Crippen molar-refractivity contribution in [1.82, 2.24) is 4.90 Å². The zero-order chi connectivity index (χ0) is 25.6. The number of hydrogen-bond acceptors (Lipinski definition) is 5. The Balaban J connectivity index is 2.19. The fraction of sp³-hybridized carbons (Fsp3) is 0.519. The number of carbonyl (C=O) groups excluding carboxylic acids is 1. The van der Waals surface area contributed by atoms with Crippen LogP contribution in [0.4, 0.5) is 10.5 Å². The second-order valence-corrected chi connectivity index (χ2v) is 10.7. The number of nitro benzene ring substituents is 1. The molecule has 0 aromatic heterocycles. The number of unbranched alkanes of at least 4 members (excludes halogenated alkanes) is 6. The summed E-state index contributed by atoms with van der Waals surface area (Å²) in [6, 6.07) is 13.1. The van der Waals surface area contributed by atoms with Gasteiger partial charge in [-0.15, -0.1) is 0 Å². The van der Waals surface area contributed by atoms with Crippen molar-refractivity contribution in [2.24, 2.45) is 0 Å². The standard InChI is InChI=1S/C27H37IN2O4S/c1-4-6-8-10-18-29(19-11-9-7-5-2)27(31)34-21(3)25-20-23(14-17-26(25)30(32)33)22-12-15-24(35-28)16-13-22/h12-17,20-21H,4-11,18-19H2,1-3H3. The number of carbonyl (C=O) groups is 1. The highest BCUT2D eigenvalue weighted by atomic mass is 127. The van der Waals surface area contributed by atoms with Crippen LogP contribution in [0.25, 0.3) is 11.1 Å². The summed E-state index contributed by atoms with van der Waals surface area (Å²) < 4.78 is 5.81. The molecule has 1 unspecified atom stereocenters. The van der Waals surface area contributed by atoms with E-state index in [1.54, 1.807) is 32.9 Å². The van der Waals surface area contributed by atoms with E-state index in [0.29, 0.717) is 18.7 Å². The first kappa shape index (κ1) is 29.4. The quantitative estimate of drug-likeness (QED) is 0.0867. The Hall–Kier alpha value is -1.81. The molecule has 0 saturated heterocycles. The summed E-state index contributed by atoms with van der Waals surface area (Å²) in [5, 5.41) is 11.7. The van der Waals surface area contributed by atoms with Crippen molar-refractivity contribution < 1.29 is 14.5 Å². The van der Waals surface area contributed by atoms with Crippen LogP contribution in [0.5, 0.6) is 0 Å². The first-order valence-electron chi connectivity index (χ1n) is 12.5. The Bertz CT molecular complexity index is 927. The van der Waals surface area contributed by atoms with Crippen molar-refractivity contribution in [3.8, 4) is 11.1 Å². The summed E-state index contributed by atoms with van der Waals surface area (Å²) in [5.41, 5.74) is 2.19. The number of amides is 1. The van der Waals surface area contributed by atoms with Gasteiger partial charge in [0.1, 0.15) is 6.10 Å². The van der Waals surface area contributed by atoms with Crippen molar-refractivity contribution in [3.63, 3.8) is 0 Å². The van der Waals surface area contributed by atoms with Crippen LogP contribution >= 0.6 is 30.1 Å². The van der Waals surface area contributed by atoms with Gasteiger partial charge in [0.25, 0.3) is 5.69 Å². The van der Waals surface area contributed by atoms with Crippen molar-refractivity contribution in [2.75, 3.05) is 13.1 Å². The van der Waals surface area contributed by atoms with E-state index in [1.165, 1.54) is 6.07 Å². The highest BCUT2D eigenvalue weighted by molar-refractivity contribution is 14.2. The Kier molecular flexibility index (Phi) is 13.5. The minimum absolute atomic E-state index is 0.0362. The fourth-order valence-electron chi connectivity index (χ4n) is 3.97. The first-order chi connectivity index (χ1) is 16.9. The molecule has 1 amide bonds. The highest BCUT2D eigenvalue weighted by Crippen LogP contribution is 2.34. The van der Waals surface area contributed by atoms with Crippen LogP contribution < -0.4 is 0 Å². The smallest absolute Gasteiger partial charge is 0.410 e. The minimum Gasteiger partial charge on any atom is -0.441 e.